The van der Waals surface area contributed by atoms with Gasteiger partial charge in [0, 0.05) is 36.6 Å². The lowest BCUT2D eigenvalue weighted by atomic mass is 9.84. The summed E-state index contributed by atoms with van der Waals surface area (Å²) >= 11 is 1.93. The Hall–Kier alpha value is -5.18. The maximum absolute atomic E-state index is 2.51. The molecule has 1 aliphatic carbocycles. The molecule has 0 saturated heterocycles. The Labute approximate surface area is 256 Å². The van der Waals surface area contributed by atoms with Gasteiger partial charge < -0.3 is 4.57 Å². The van der Waals surface area contributed by atoms with E-state index in [0.29, 0.717) is 0 Å². The van der Waals surface area contributed by atoms with Crippen molar-refractivity contribution in [2.75, 3.05) is 0 Å². The summed E-state index contributed by atoms with van der Waals surface area (Å²) in [5.74, 6) is 0. The summed E-state index contributed by atoms with van der Waals surface area (Å²) in [5, 5.41) is 17.9. The molecular weight excluding hydrogens is 551 g/mol. The third-order valence-corrected chi connectivity index (χ3v) is 11.3. The highest BCUT2D eigenvalue weighted by Crippen LogP contribution is 2.46. The summed E-state index contributed by atoms with van der Waals surface area (Å²) in [4.78, 5) is 0. The van der Waals surface area contributed by atoms with Gasteiger partial charge in [-0.25, -0.2) is 0 Å². The zero-order valence-corrected chi connectivity index (χ0v) is 24.7. The van der Waals surface area contributed by atoms with Crippen molar-refractivity contribution in [1.29, 1.82) is 0 Å². The minimum Gasteiger partial charge on any atom is -0.309 e. The van der Waals surface area contributed by atoms with Gasteiger partial charge in [-0.15, -0.1) is 11.3 Å². The molecule has 0 spiro atoms. The Morgan fingerprint density at radius 3 is 2.20 bits per heavy atom. The quantitative estimate of drug-likeness (QED) is 0.136. The number of thiophene rings is 1. The van der Waals surface area contributed by atoms with Gasteiger partial charge in [-0.05, 0) is 103 Å². The number of aromatic nitrogens is 1. The lowest BCUT2D eigenvalue weighted by Crippen LogP contribution is -2.12. The van der Waals surface area contributed by atoms with Gasteiger partial charge in [-0.2, -0.15) is 0 Å². The van der Waals surface area contributed by atoms with Crippen LogP contribution in [0.1, 0.15) is 12.0 Å². The molecule has 2 heteroatoms. The van der Waals surface area contributed by atoms with E-state index in [1.54, 1.807) is 0 Å². The smallest absolute Gasteiger partial charge is 0.0553 e. The zero-order valence-electron chi connectivity index (χ0n) is 23.9. The number of nitrogens with zero attached hydrogens (tertiary/aromatic N) is 1. The molecule has 2 heterocycles. The Balaban J connectivity index is 1.40. The van der Waals surface area contributed by atoms with E-state index < -0.39 is 0 Å². The van der Waals surface area contributed by atoms with Gasteiger partial charge in [0.15, 0.2) is 0 Å². The largest absolute Gasteiger partial charge is 0.309 e. The molecule has 0 bridgehead atoms. The minimum absolute atomic E-state index is 1.08. The van der Waals surface area contributed by atoms with E-state index in [0.717, 1.165) is 12.8 Å². The van der Waals surface area contributed by atoms with Crippen LogP contribution in [0.15, 0.2) is 121 Å². The summed E-state index contributed by atoms with van der Waals surface area (Å²) in [6.07, 6.45) is 4.68. The lowest BCUT2D eigenvalue weighted by molar-refractivity contribution is 1.05. The first kappa shape index (κ1) is 23.3. The Kier molecular flexibility index (Phi) is 4.37. The van der Waals surface area contributed by atoms with E-state index in [1.165, 1.54) is 102 Å². The fourth-order valence-corrected chi connectivity index (χ4v) is 9.57. The molecule has 1 aliphatic rings. The number of benzene rings is 8. The second-order valence-corrected chi connectivity index (χ2v) is 13.4. The molecule has 44 heavy (non-hydrogen) atoms. The summed E-state index contributed by atoms with van der Waals surface area (Å²) in [6, 6.07) is 45.5. The number of aryl methyl sites for hydroxylation is 1. The third-order valence-electron chi connectivity index (χ3n) is 10.2. The van der Waals surface area contributed by atoms with Crippen molar-refractivity contribution in [3.63, 3.8) is 0 Å². The first-order valence-electron chi connectivity index (χ1n) is 15.5. The molecule has 0 saturated carbocycles. The zero-order chi connectivity index (χ0) is 28.5. The number of para-hydroxylation sites is 1. The molecule has 204 valence electrons. The molecule has 11 rings (SSSR count). The Bertz CT molecular complexity index is 2940. The third kappa shape index (κ3) is 2.85. The van der Waals surface area contributed by atoms with E-state index in [9.17, 15) is 0 Å². The lowest BCUT2D eigenvalue weighted by Gasteiger charge is -2.20. The first-order chi connectivity index (χ1) is 21.8. The highest BCUT2D eigenvalue weighted by Gasteiger charge is 2.23. The average molecular weight is 576 g/mol. The normalized spacial score (nSPS) is 13.5. The topological polar surface area (TPSA) is 4.93 Å². The van der Waals surface area contributed by atoms with Crippen molar-refractivity contribution >= 4 is 102 Å². The summed E-state index contributed by atoms with van der Waals surface area (Å²) < 4.78 is 5.26. The molecule has 2 aromatic heterocycles. The van der Waals surface area contributed by atoms with Crippen LogP contribution in [0, 0.1) is 0 Å². The van der Waals surface area contributed by atoms with Gasteiger partial charge in [0.05, 0.1) is 11.0 Å². The van der Waals surface area contributed by atoms with Gasteiger partial charge in [0.2, 0.25) is 0 Å². The van der Waals surface area contributed by atoms with Crippen LogP contribution in [0.25, 0.3) is 96.8 Å². The maximum atomic E-state index is 2.51. The predicted octanol–water partition coefficient (Wildman–Crippen LogP) is 11.2. The van der Waals surface area contributed by atoms with Gasteiger partial charge in [-0.1, -0.05) is 91.0 Å². The molecule has 1 nitrogen and oxygen atoms in total. The van der Waals surface area contributed by atoms with Gasteiger partial charge in [0.25, 0.3) is 0 Å². The molecule has 0 fully saturated rings. The van der Waals surface area contributed by atoms with Crippen molar-refractivity contribution in [2.45, 2.75) is 12.8 Å². The SMILES string of the molecule is C1=c2c3c(c4cccc5c4c(cc4c5c5ccccc5n4-c4ccc5ccccc5c4)c3cc3sc4ccccc4c23)CC1. The van der Waals surface area contributed by atoms with Crippen molar-refractivity contribution < 1.29 is 0 Å². The second kappa shape index (κ2) is 8.25. The van der Waals surface area contributed by atoms with Gasteiger partial charge in [-0.3, -0.25) is 0 Å². The molecule has 10 aromatic rings. The van der Waals surface area contributed by atoms with Crippen LogP contribution in [0.3, 0.4) is 0 Å². The van der Waals surface area contributed by atoms with Gasteiger partial charge >= 0.3 is 0 Å². The Morgan fingerprint density at radius 1 is 0.477 bits per heavy atom. The molecule has 0 N–H and O–H groups in total. The molecular formula is C42H25NS. The molecule has 0 unspecified atom stereocenters. The maximum Gasteiger partial charge on any atom is 0.0553 e. The minimum atomic E-state index is 1.08. The number of hydrogen-bond acceptors (Lipinski definition) is 1. The average Bonchev–Trinajstić information content (AvgIpc) is 3.62. The molecule has 0 radical (unpaired) electrons. The van der Waals surface area contributed by atoms with E-state index >= 15 is 0 Å². The molecule has 0 amide bonds. The van der Waals surface area contributed by atoms with Crippen molar-refractivity contribution in [3.8, 4) is 5.69 Å². The van der Waals surface area contributed by atoms with E-state index in [2.05, 4.69) is 132 Å². The van der Waals surface area contributed by atoms with Crippen LogP contribution in [0.5, 0.6) is 0 Å². The van der Waals surface area contributed by atoms with Crippen LogP contribution in [0.2, 0.25) is 0 Å². The monoisotopic (exact) mass is 575 g/mol. The van der Waals surface area contributed by atoms with Gasteiger partial charge in [0.1, 0.15) is 0 Å². The van der Waals surface area contributed by atoms with E-state index in [4.69, 9.17) is 0 Å². The first-order valence-corrected chi connectivity index (χ1v) is 16.3. The fraction of sp³-hybridized carbons (Fsp3) is 0.0476. The van der Waals surface area contributed by atoms with Crippen LogP contribution >= 0.6 is 11.3 Å². The van der Waals surface area contributed by atoms with Crippen molar-refractivity contribution in [3.05, 3.63) is 132 Å². The predicted molar refractivity (Wildman–Crippen MR) is 192 cm³/mol. The highest BCUT2D eigenvalue weighted by atomic mass is 32.1. The standard InChI is InChI=1S/C42H25NS/c1-2-10-25-21-26(20-19-24(25)9-1)43-35-17-5-3-11-29(35)41-31-15-7-13-27-28-14-8-16-32-40(28)34(33(39(27)31)22-36(41)43)23-38-42(32)30-12-4-6-18-37(30)44-38/h1-7,9-13,15-23H,8,14H2. The van der Waals surface area contributed by atoms with Crippen LogP contribution in [0.4, 0.5) is 0 Å². The second-order valence-electron chi connectivity index (χ2n) is 12.3. The van der Waals surface area contributed by atoms with Crippen molar-refractivity contribution in [1.82, 2.24) is 4.57 Å². The van der Waals surface area contributed by atoms with Crippen LogP contribution in [-0.2, 0) is 6.42 Å². The van der Waals surface area contributed by atoms with Crippen LogP contribution in [-0.4, -0.2) is 4.57 Å². The fourth-order valence-electron chi connectivity index (χ4n) is 8.41. The molecule has 0 atom stereocenters. The van der Waals surface area contributed by atoms with E-state index in [1.807, 2.05) is 11.3 Å². The Morgan fingerprint density at radius 2 is 1.25 bits per heavy atom. The number of rotatable bonds is 1. The summed E-state index contributed by atoms with van der Waals surface area (Å²) in [7, 11) is 0. The number of fused-ring (bicyclic) bond motifs is 11. The summed E-state index contributed by atoms with van der Waals surface area (Å²) in [6.45, 7) is 0. The molecule has 0 aliphatic heterocycles. The van der Waals surface area contributed by atoms with Crippen LogP contribution < -0.4 is 5.22 Å². The highest BCUT2D eigenvalue weighted by molar-refractivity contribution is 7.25. The summed E-state index contributed by atoms with van der Waals surface area (Å²) in [5.41, 5.74) is 5.25. The number of hydrogen-bond donors (Lipinski definition) is 0. The molecule has 8 aromatic carbocycles. The van der Waals surface area contributed by atoms with Crippen molar-refractivity contribution in [2.24, 2.45) is 0 Å². The van der Waals surface area contributed by atoms with E-state index in [-0.39, 0.29) is 0 Å².